The Bertz CT molecular complexity index is 1010. The van der Waals surface area contributed by atoms with E-state index in [4.69, 9.17) is 0 Å². The lowest BCUT2D eigenvalue weighted by Gasteiger charge is -2.15. The second-order valence-corrected chi connectivity index (χ2v) is 9.71. The summed E-state index contributed by atoms with van der Waals surface area (Å²) in [6.45, 7) is 3.95. The fourth-order valence-electron chi connectivity index (χ4n) is 3.73. The molecule has 1 unspecified atom stereocenters. The van der Waals surface area contributed by atoms with Gasteiger partial charge in [-0.25, -0.2) is 9.97 Å². The number of benzene rings is 1. The van der Waals surface area contributed by atoms with Crippen LogP contribution in [0, 0.1) is 13.8 Å². The van der Waals surface area contributed by atoms with E-state index in [0.29, 0.717) is 6.42 Å². The number of nitrogens with zero attached hydrogens (tertiary/aromatic N) is 2. The van der Waals surface area contributed by atoms with Gasteiger partial charge in [0.2, 0.25) is 0 Å². The largest absolute Gasteiger partial charge is 0.480 e. The first kappa shape index (κ1) is 19.4. The minimum atomic E-state index is -0.773. The minimum Gasteiger partial charge on any atom is -0.480 e. The lowest BCUT2D eigenvalue weighted by molar-refractivity contribution is -0.136. The fourth-order valence-corrected chi connectivity index (χ4v) is 6.23. The summed E-state index contributed by atoms with van der Waals surface area (Å²) >= 11 is 3.16. The van der Waals surface area contributed by atoms with E-state index in [2.05, 4.69) is 41.2 Å². The number of thiophene rings is 1. The van der Waals surface area contributed by atoms with Crippen molar-refractivity contribution in [2.24, 2.45) is 0 Å². The van der Waals surface area contributed by atoms with E-state index < -0.39 is 11.2 Å². The van der Waals surface area contributed by atoms with Gasteiger partial charge in [-0.3, -0.25) is 4.79 Å². The molecule has 6 heteroatoms. The van der Waals surface area contributed by atoms with Crippen LogP contribution in [-0.4, -0.2) is 26.3 Å². The van der Waals surface area contributed by atoms with Gasteiger partial charge >= 0.3 is 5.97 Å². The molecule has 0 bridgehead atoms. The smallest absolute Gasteiger partial charge is 0.317 e. The Morgan fingerprint density at radius 3 is 2.68 bits per heavy atom. The van der Waals surface area contributed by atoms with E-state index in [0.717, 1.165) is 40.3 Å². The van der Waals surface area contributed by atoms with Crippen molar-refractivity contribution < 1.29 is 9.90 Å². The van der Waals surface area contributed by atoms with Crippen molar-refractivity contribution in [1.82, 2.24) is 9.97 Å². The van der Waals surface area contributed by atoms with Gasteiger partial charge in [-0.05, 0) is 63.5 Å². The van der Waals surface area contributed by atoms with Crippen LogP contribution in [0.3, 0.4) is 0 Å². The number of fused-ring (bicyclic) bond motifs is 3. The molecule has 0 fully saturated rings. The maximum Gasteiger partial charge on any atom is 0.317 e. The molecule has 0 amide bonds. The quantitative estimate of drug-likeness (QED) is 0.436. The maximum absolute atomic E-state index is 12.0. The second kappa shape index (κ2) is 8.21. The van der Waals surface area contributed by atoms with Gasteiger partial charge in [-0.1, -0.05) is 41.6 Å². The van der Waals surface area contributed by atoms with Crippen LogP contribution in [0.15, 0.2) is 29.3 Å². The van der Waals surface area contributed by atoms with Gasteiger partial charge in [-0.2, -0.15) is 0 Å². The van der Waals surface area contributed by atoms with Gasteiger partial charge < -0.3 is 5.11 Å². The molecule has 1 N–H and O–H groups in total. The number of carbonyl (C=O) groups is 1. The van der Waals surface area contributed by atoms with Gasteiger partial charge in [-0.15, -0.1) is 11.3 Å². The van der Waals surface area contributed by atoms with Crippen molar-refractivity contribution in [3.63, 3.8) is 0 Å². The highest BCUT2D eigenvalue weighted by Crippen LogP contribution is 2.41. The summed E-state index contributed by atoms with van der Waals surface area (Å²) in [6.07, 6.45) is 5.90. The third-order valence-corrected chi connectivity index (χ3v) is 7.66. The molecule has 2 heterocycles. The zero-order valence-electron chi connectivity index (χ0n) is 16.2. The first-order valence-electron chi connectivity index (χ1n) is 9.75. The Kier molecular flexibility index (Phi) is 5.69. The van der Waals surface area contributed by atoms with E-state index >= 15 is 0 Å². The topological polar surface area (TPSA) is 63.1 Å². The van der Waals surface area contributed by atoms with E-state index in [1.54, 1.807) is 11.3 Å². The maximum atomic E-state index is 12.0. The highest BCUT2D eigenvalue weighted by Gasteiger charge is 2.25. The molecular formula is C22H24N2O2S2. The van der Waals surface area contributed by atoms with Crippen molar-refractivity contribution in [1.29, 1.82) is 0 Å². The normalized spacial score (nSPS) is 14.8. The van der Waals surface area contributed by atoms with Crippen molar-refractivity contribution in [3.8, 4) is 0 Å². The van der Waals surface area contributed by atoms with E-state index in [1.807, 2.05) is 6.92 Å². The molecule has 0 radical (unpaired) electrons. The monoisotopic (exact) mass is 412 g/mol. The average Bonchev–Trinajstić information content (AvgIpc) is 3.04. The standard InChI is InChI=1S/C22H24N2O2S2/c1-13-7-9-15(10-8-13)11-12-18(22(25)26)28-21-19-16-5-3-4-6-17(16)27-20(19)23-14(2)24-21/h7-10,18H,3-6,11-12H2,1-2H3,(H,25,26). The Morgan fingerprint density at radius 1 is 1.18 bits per heavy atom. The molecule has 1 aromatic carbocycles. The molecular weight excluding hydrogens is 388 g/mol. The van der Waals surface area contributed by atoms with Gasteiger partial charge in [0.05, 0.1) is 0 Å². The number of aliphatic carboxylic acids is 1. The SMILES string of the molecule is Cc1ccc(CCC(Sc2nc(C)nc3sc4c(c23)CCCC4)C(=O)O)cc1. The number of rotatable bonds is 6. The highest BCUT2D eigenvalue weighted by molar-refractivity contribution is 8.00. The Hall–Kier alpha value is -1.92. The molecule has 1 aliphatic rings. The minimum absolute atomic E-state index is 0.516. The fraction of sp³-hybridized carbons (Fsp3) is 0.409. The van der Waals surface area contributed by atoms with Crippen molar-refractivity contribution in [3.05, 3.63) is 51.7 Å². The van der Waals surface area contributed by atoms with Crippen LogP contribution in [0.1, 0.15) is 46.7 Å². The molecule has 0 spiro atoms. The molecule has 3 aromatic rings. The first-order chi connectivity index (χ1) is 13.5. The number of aryl methyl sites for hydroxylation is 5. The summed E-state index contributed by atoms with van der Waals surface area (Å²) in [5, 5.41) is 11.3. The zero-order valence-corrected chi connectivity index (χ0v) is 17.8. The predicted molar refractivity (Wildman–Crippen MR) is 116 cm³/mol. The Morgan fingerprint density at radius 2 is 1.93 bits per heavy atom. The van der Waals surface area contributed by atoms with Crippen molar-refractivity contribution >= 4 is 39.3 Å². The van der Waals surface area contributed by atoms with Gasteiger partial charge in [0.25, 0.3) is 0 Å². The number of hydrogen-bond acceptors (Lipinski definition) is 5. The number of carboxylic acids is 1. The van der Waals surface area contributed by atoms with E-state index in [9.17, 15) is 9.90 Å². The van der Waals surface area contributed by atoms with E-state index in [1.165, 1.54) is 46.2 Å². The van der Waals surface area contributed by atoms with Crippen molar-refractivity contribution in [2.45, 2.75) is 62.6 Å². The molecule has 1 aliphatic carbocycles. The van der Waals surface area contributed by atoms with E-state index in [-0.39, 0.29) is 0 Å². The summed E-state index contributed by atoms with van der Waals surface area (Å²) in [5.74, 6) is -0.0538. The average molecular weight is 413 g/mol. The highest BCUT2D eigenvalue weighted by atomic mass is 32.2. The summed E-state index contributed by atoms with van der Waals surface area (Å²) in [4.78, 5) is 23.7. The lowest BCUT2D eigenvalue weighted by atomic mass is 9.97. The van der Waals surface area contributed by atoms with Gasteiger partial charge in [0, 0.05) is 10.3 Å². The molecule has 0 aliphatic heterocycles. The molecule has 28 heavy (non-hydrogen) atoms. The first-order valence-corrected chi connectivity index (χ1v) is 11.4. The van der Waals surface area contributed by atoms with Gasteiger partial charge in [0.1, 0.15) is 20.9 Å². The molecule has 1 atom stereocenters. The molecule has 2 aromatic heterocycles. The van der Waals surface area contributed by atoms with Crippen LogP contribution in [-0.2, 0) is 24.1 Å². The second-order valence-electron chi connectivity index (χ2n) is 7.44. The summed E-state index contributed by atoms with van der Waals surface area (Å²) in [6, 6.07) is 8.32. The van der Waals surface area contributed by atoms with Crippen LogP contribution in [0.5, 0.6) is 0 Å². The van der Waals surface area contributed by atoms with Crippen LogP contribution in [0.4, 0.5) is 0 Å². The summed E-state index contributed by atoms with van der Waals surface area (Å²) in [5.41, 5.74) is 3.75. The molecule has 0 saturated carbocycles. The molecule has 4 nitrogen and oxygen atoms in total. The number of carboxylic acid groups (broad SMARTS) is 1. The Balaban J connectivity index is 1.61. The lowest BCUT2D eigenvalue weighted by Crippen LogP contribution is -2.17. The number of thioether (sulfide) groups is 1. The summed E-state index contributed by atoms with van der Waals surface area (Å²) in [7, 11) is 0. The number of aromatic nitrogens is 2. The predicted octanol–water partition coefficient (Wildman–Crippen LogP) is 5.37. The van der Waals surface area contributed by atoms with Crippen LogP contribution in [0.25, 0.3) is 10.2 Å². The van der Waals surface area contributed by atoms with Gasteiger partial charge in [0.15, 0.2) is 0 Å². The summed E-state index contributed by atoms with van der Waals surface area (Å²) < 4.78 is 0. The third-order valence-electron chi connectivity index (χ3n) is 5.24. The van der Waals surface area contributed by atoms with Crippen LogP contribution >= 0.6 is 23.1 Å². The molecule has 0 saturated heterocycles. The Labute approximate surface area is 173 Å². The van der Waals surface area contributed by atoms with Crippen molar-refractivity contribution in [2.75, 3.05) is 0 Å². The zero-order chi connectivity index (χ0) is 19.7. The van der Waals surface area contributed by atoms with Crippen LogP contribution in [0.2, 0.25) is 0 Å². The third kappa shape index (κ3) is 4.08. The molecule has 146 valence electrons. The number of hydrogen-bond donors (Lipinski definition) is 1. The van der Waals surface area contributed by atoms with Crippen LogP contribution < -0.4 is 0 Å². The molecule has 4 rings (SSSR count).